The SMILES string of the molecule is CC[C@H](CCc1ccc(C(=O)OC)cc1)N(CC)C(=O)N1CCCCC1. The van der Waals surface area contributed by atoms with Crippen LogP contribution in [0.15, 0.2) is 24.3 Å². The number of hydrogen-bond donors (Lipinski definition) is 0. The lowest BCUT2D eigenvalue weighted by Crippen LogP contribution is -2.49. The molecule has 1 aromatic carbocycles. The molecule has 0 saturated carbocycles. The Hall–Kier alpha value is -2.04. The van der Waals surface area contributed by atoms with E-state index in [1.807, 2.05) is 21.9 Å². The molecule has 2 rings (SSSR count). The summed E-state index contributed by atoms with van der Waals surface area (Å²) in [6.45, 7) is 6.74. The Morgan fingerprint density at radius 3 is 2.31 bits per heavy atom. The van der Waals surface area contributed by atoms with Crippen molar-refractivity contribution in [2.45, 2.75) is 58.4 Å². The maximum absolute atomic E-state index is 12.9. The summed E-state index contributed by atoms with van der Waals surface area (Å²) in [4.78, 5) is 28.5. The fourth-order valence-electron chi connectivity index (χ4n) is 3.66. The first-order chi connectivity index (χ1) is 12.6. The normalized spacial score (nSPS) is 15.4. The second-order valence-electron chi connectivity index (χ2n) is 6.91. The van der Waals surface area contributed by atoms with Crippen LogP contribution in [0.3, 0.4) is 0 Å². The summed E-state index contributed by atoms with van der Waals surface area (Å²) in [7, 11) is 1.39. The molecular formula is C21H32N2O3. The predicted octanol–water partition coefficient (Wildman–Crippen LogP) is 4.11. The third-order valence-corrected chi connectivity index (χ3v) is 5.27. The molecule has 0 aliphatic carbocycles. The molecule has 1 fully saturated rings. The summed E-state index contributed by atoms with van der Waals surface area (Å²) in [6.07, 6.45) is 6.24. The van der Waals surface area contributed by atoms with Gasteiger partial charge in [-0.05, 0) is 63.1 Å². The van der Waals surface area contributed by atoms with Crippen LogP contribution < -0.4 is 0 Å². The van der Waals surface area contributed by atoms with Crippen molar-refractivity contribution in [1.82, 2.24) is 9.80 Å². The van der Waals surface area contributed by atoms with Crippen LogP contribution in [-0.2, 0) is 11.2 Å². The summed E-state index contributed by atoms with van der Waals surface area (Å²) in [5, 5.41) is 0. The van der Waals surface area contributed by atoms with Crippen LogP contribution in [0.5, 0.6) is 0 Å². The number of benzene rings is 1. The molecule has 0 bridgehead atoms. The maximum Gasteiger partial charge on any atom is 0.337 e. The molecule has 1 saturated heterocycles. The number of methoxy groups -OCH3 is 1. The second-order valence-corrected chi connectivity index (χ2v) is 6.91. The molecule has 26 heavy (non-hydrogen) atoms. The maximum atomic E-state index is 12.9. The van der Waals surface area contributed by atoms with Crippen molar-refractivity contribution in [3.05, 3.63) is 35.4 Å². The number of urea groups is 1. The van der Waals surface area contributed by atoms with E-state index in [-0.39, 0.29) is 18.0 Å². The van der Waals surface area contributed by atoms with Crippen molar-refractivity contribution < 1.29 is 14.3 Å². The number of rotatable bonds is 7. The lowest BCUT2D eigenvalue weighted by Gasteiger charge is -2.37. The summed E-state index contributed by atoms with van der Waals surface area (Å²) < 4.78 is 4.73. The van der Waals surface area contributed by atoms with Crippen molar-refractivity contribution in [2.24, 2.45) is 0 Å². The van der Waals surface area contributed by atoms with Gasteiger partial charge in [-0.2, -0.15) is 0 Å². The highest BCUT2D eigenvalue weighted by Gasteiger charge is 2.26. The standard InChI is InChI=1S/C21H32N2O3/c1-4-19(23(5-2)21(25)22-15-7-6-8-16-22)14-11-17-9-12-18(13-10-17)20(24)26-3/h9-10,12-13,19H,4-8,11,14-16H2,1-3H3/t19-/m1/s1. The molecule has 144 valence electrons. The molecule has 2 amide bonds. The van der Waals surface area contributed by atoms with E-state index in [1.54, 1.807) is 12.1 Å². The van der Waals surface area contributed by atoms with Gasteiger partial charge in [0, 0.05) is 25.7 Å². The van der Waals surface area contributed by atoms with Crippen LogP contribution in [0.2, 0.25) is 0 Å². The molecular weight excluding hydrogens is 328 g/mol. The van der Waals surface area contributed by atoms with E-state index in [0.717, 1.165) is 51.7 Å². The molecule has 1 aliphatic rings. The lowest BCUT2D eigenvalue weighted by atomic mass is 10.0. The van der Waals surface area contributed by atoms with Crippen LogP contribution in [0.1, 0.15) is 61.9 Å². The third-order valence-electron chi connectivity index (χ3n) is 5.27. The number of piperidine rings is 1. The van der Waals surface area contributed by atoms with E-state index < -0.39 is 0 Å². The predicted molar refractivity (Wildman–Crippen MR) is 103 cm³/mol. The van der Waals surface area contributed by atoms with Gasteiger partial charge in [0.25, 0.3) is 0 Å². The lowest BCUT2D eigenvalue weighted by molar-refractivity contribution is 0.0600. The van der Waals surface area contributed by atoms with Gasteiger partial charge in [-0.1, -0.05) is 19.1 Å². The van der Waals surface area contributed by atoms with E-state index in [4.69, 9.17) is 4.74 Å². The van der Waals surface area contributed by atoms with E-state index >= 15 is 0 Å². The van der Waals surface area contributed by atoms with Crippen molar-refractivity contribution in [3.63, 3.8) is 0 Å². The molecule has 0 unspecified atom stereocenters. The summed E-state index contributed by atoms with van der Waals surface area (Å²) >= 11 is 0. The minimum atomic E-state index is -0.313. The fraction of sp³-hybridized carbons (Fsp3) is 0.619. The molecule has 1 atom stereocenters. The Bertz CT molecular complexity index is 579. The number of hydrogen-bond acceptors (Lipinski definition) is 3. The highest BCUT2D eigenvalue weighted by atomic mass is 16.5. The highest BCUT2D eigenvalue weighted by Crippen LogP contribution is 2.18. The van der Waals surface area contributed by atoms with Gasteiger partial charge in [-0.3, -0.25) is 0 Å². The Morgan fingerprint density at radius 2 is 1.77 bits per heavy atom. The minimum Gasteiger partial charge on any atom is -0.465 e. The molecule has 0 N–H and O–H groups in total. The zero-order valence-electron chi connectivity index (χ0n) is 16.4. The van der Waals surface area contributed by atoms with Crippen molar-refractivity contribution in [3.8, 4) is 0 Å². The monoisotopic (exact) mass is 360 g/mol. The number of amides is 2. The molecule has 0 aromatic heterocycles. The van der Waals surface area contributed by atoms with Gasteiger partial charge in [0.05, 0.1) is 12.7 Å². The molecule has 1 aromatic rings. The molecule has 5 heteroatoms. The summed E-state index contributed by atoms with van der Waals surface area (Å²) in [5.74, 6) is -0.313. The molecule has 0 spiro atoms. The number of ether oxygens (including phenoxy) is 1. The Morgan fingerprint density at radius 1 is 1.12 bits per heavy atom. The van der Waals surface area contributed by atoms with Gasteiger partial charge in [0.15, 0.2) is 0 Å². The first-order valence-corrected chi connectivity index (χ1v) is 9.83. The van der Waals surface area contributed by atoms with Crippen LogP contribution in [0.4, 0.5) is 4.79 Å². The minimum absolute atomic E-state index is 0.195. The molecule has 1 heterocycles. The van der Waals surface area contributed by atoms with Gasteiger partial charge in [-0.15, -0.1) is 0 Å². The number of aryl methyl sites for hydroxylation is 1. The number of carbonyl (C=O) groups excluding carboxylic acids is 2. The largest absolute Gasteiger partial charge is 0.465 e. The quantitative estimate of drug-likeness (QED) is 0.688. The average molecular weight is 360 g/mol. The second kappa shape index (κ2) is 10.2. The van der Waals surface area contributed by atoms with Crippen molar-refractivity contribution in [1.29, 1.82) is 0 Å². The Balaban J connectivity index is 1.95. The number of carbonyl (C=O) groups is 2. The van der Waals surface area contributed by atoms with Crippen LogP contribution in [-0.4, -0.2) is 54.6 Å². The first kappa shape index (κ1) is 20.3. The Kier molecular flexibility index (Phi) is 7.95. The van der Waals surface area contributed by atoms with Crippen molar-refractivity contribution >= 4 is 12.0 Å². The van der Waals surface area contributed by atoms with Gasteiger partial charge in [0.2, 0.25) is 0 Å². The van der Waals surface area contributed by atoms with Gasteiger partial charge in [0.1, 0.15) is 0 Å². The third kappa shape index (κ3) is 5.23. The smallest absolute Gasteiger partial charge is 0.337 e. The summed E-state index contributed by atoms with van der Waals surface area (Å²) in [6, 6.07) is 8.00. The molecule has 1 aliphatic heterocycles. The topological polar surface area (TPSA) is 49.9 Å². The van der Waals surface area contributed by atoms with Gasteiger partial charge >= 0.3 is 12.0 Å². The average Bonchev–Trinajstić information content (AvgIpc) is 2.71. The van der Waals surface area contributed by atoms with Crippen LogP contribution in [0.25, 0.3) is 0 Å². The van der Waals surface area contributed by atoms with Crippen LogP contribution in [0, 0.1) is 0 Å². The van der Waals surface area contributed by atoms with Crippen LogP contribution >= 0.6 is 0 Å². The van der Waals surface area contributed by atoms with E-state index in [0.29, 0.717) is 5.56 Å². The van der Waals surface area contributed by atoms with E-state index in [2.05, 4.69) is 13.8 Å². The van der Waals surface area contributed by atoms with E-state index in [1.165, 1.54) is 19.1 Å². The number of esters is 1. The zero-order valence-corrected chi connectivity index (χ0v) is 16.4. The fourth-order valence-corrected chi connectivity index (χ4v) is 3.66. The number of nitrogens with zero attached hydrogens (tertiary/aromatic N) is 2. The number of likely N-dealkylation sites (tertiary alicyclic amines) is 1. The Labute approximate surface area is 157 Å². The highest BCUT2D eigenvalue weighted by molar-refractivity contribution is 5.89. The first-order valence-electron chi connectivity index (χ1n) is 9.83. The van der Waals surface area contributed by atoms with Crippen molar-refractivity contribution in [2.75, 3.05) is 26.7 Å². The van der Waals surface area contributed by atoms with Gasteiger partial charge < -0.3 is 14.5 Å². The molecule has 0 radical (unpaired) electrons. The summed E-state index contributed by atoms with van der Waals surface area (Å²) in [5.41, 5.74) is 1.75. The zero-order chi connectivity index (χ0) is 18.9. The van der Waals surface area contributed by atoms with E-state index in [9.17, 15) is 9.59 Å². The molecule has 5 nitrogen and oxygen atoms in total. The van der Waals surface area contributed by atoms with Gasteiger partial charge in [-0.25, -0.2) is 9.59 Å².